The van der Waals surface area contributed by atoms with E-state index in [4.69, 9.17) is 16.3 Å². The van der Waals surface area contributed by atoms with E-state index in [2.05, 4.69) is 11.9 Å². The van der Waals surface area contributed by atoms with Gasteiger partial charge in [-0.15, -0.1) is 6.58 Å². The van der Waals surface area contributed by atoms with Gasteiger partial charge in [0.25, 0.3) is 0 Å². The van der Waals surface area contributed by atoms with Crippen LogP contribution in [0.25, 0.3) is 0 Å². The van der Waals surface area contributed by atoms with Crippen molar-refractivity contribution in [2.75, 3.05) is 31.8 Å². The van der Waals surface area contributed by atoms with E-state index in [-0.39, 0.29) is 13.1 Å². The minimum atomic E-state index is -3.48. The van der Waals surface area contributed by atoms with Gasteiger partial charge >= 0.3 is 0 Å². The van der Waals surface area contributed by atoms with Crippen molar-refractivity contribution in [3.8, 4) is 5.75 Å². The summed E-state index contributed by atoms with van der Waals surface area (Å²) in [5.41, 5.74) is 0.456. The minimum absolute atomic E-state index is 0.0651. The molecule has 1 N–H and O–H groups in total. The van der Waals surface area contributed by atoms with Crippen LogP contribution in [-0.4, -0.2) is 45.1 Å². The first kappa shape index (κ1) is 17.5. The molecule has 1 amide bonds. The molecule has 8 heteroatoms. The molecule has 0 saturated heterocycles. The molecule has 116 valence electrons. The predicted molar refractivity (Wildman–Crippen MR) is 83.2 cm³/mol. The Labute approximate surface area is 129 Å². The highest BCUT2D eigenvalue weighted by atomic mass is 35.5. The molecule has 1 rings (SSSR count). The van der Waals surface area contributed by atoms with E-state index in [1.54, 1.807) is 12.1 Å². The first-order chi connectivity index (χ1) is 9.77. The average molecular weight is 333 g/mol. The van der Waals surface area contributed by atoms with E-state index in [0.29, 0.717) is 16.5 Å². The first-order valence-electron chi connectivity index (χ1n) is 5.97. The second-order valence-corrected chi connectivity index (χ2v) is 6.63. The van der Waals surface area contributed by atoms with Crippen molar-refractivity contribution in [2.24, 2.45) is 0 Å². The van der Waals surface area contributed by atoms with Crippen molar-refractivity contribution in [1.82, 2.24) is 4.31 Å². The van der Waals surface area contributed by atoms with Crippen molar-refractivity contribution in [3.63, 3.8) is 0 Å². The quantitative estimate of drug-likeness (QED) is 0.772. The van der Waals surface area contributed by atoms with Crippen molar-refractivity contribution in [3.05, 3.63) is 35.9 Å². The second-order valence-electron chi connectivity index (χ2n) is 4.24. The molecule has 0 spiro atoms. The summed E-state index contributed by atoms with van der Waals surface area (Å²) in [6, 6.07) is 4.74. The van der Waals surface area contributed by atoms with Gasteiger partial charge in [0, 0.05) is 12.2 Å². The number of methoxy groups -OCH3 is 1. The number of sulfonamides is 1. The van der Waals surface area contributed by atoms with Crippen molar-refractivity contribution < 1.29 is 17.9 Å². The average Bonchev–Trinajstić information content (AvgIpc) is 2.37. The molecule has 0 bridgehead atoms. The molecule has 1 aromatic rings. The van der Waals surface area contributed by atoms with E-state index in [0.717, 1.165) is 10.6 Å². The van der Waals surface area contributed by atoms with E-state index < -0.39 is 15.9 Å². The molecule has 0 aliphatic rings. The van der Waals surface area contributed by atoms with Crippen LogP contribution in [0, 0.1) is 0 Å². The van der Waals surface area contributed by atoms with Crippen LogP contribution >= 0.6 is 11.6 Å². The minimum Gasteiger partial charge on any atom is -0.495 e. The SMILES string of the molecule is C=CCN(CC(=O)Nc1ccc(OC)c(Cl)c1)S(C)(=O)=O. The number of ether oxygens (including phenoxy) is 1. The van der Waals surface area contributed by atoms with Gasteiger partial charge in [0.15, 0.2) is 0 Å². The third-order valence-electron chi connectivity index (χ3n) is 2.56. The zero-order valence-corrected chi connectivity index (χ0v) is 13.4. The monoisotopic (exact) mass is 332 g/mol. The lowest BCUT2D eigenvalue weighted by Gasteiger charge is -2.17. The highest BCUT2D eigenvalue weighted by Crippen LogP contribution is 2.27. The summed E-state index contributed by atoms with van der Waals surface area (Å²) in [5.74, 6) is 0.0163. The summed E-state index contributed by atoms with van der Waals surface area (Å²) in [6.07, 6.45) is 2.45. The van der Waals surface area contributed by atoms with Gasteiger partial charge in [0.2, 0.25) is 15.9 Å². The normalized spacial score (nSPS) is 11.2. The number of rotatable bonds is 7. The van der Waals surface area contributed by atoms with Crippen LogP contribution in [-0.2, 0) is 14.8 Å². The van der Waals surface area contributed by atoms with Crippen molar-refractivity contribution in [1.29, 1.82) is 0 Å². The summed E-state index contributed by atoms with van der Waals surface area (Å²) in [6.45, 7) is 3.23. The standard InChI is InChI=1S/C13H17ClN2O4S/c1-4-7-16(21(3,18)19)9-13(17)15-10-5-6-12(20-2)11(14)8-10/h4-6,8H,1,7,9H2,2-3H3,(H,15,17). The van der Waals surface area contributed by atoms with Gasteiger partial charge in [-0.1, -0.05) is 17.7 Å². The highest BCUT2D eigenvalue weighted by molar-refractivity contribution is 7.88. The Morgan fingerprint density at radius 3 is 2.67 bits per heavy atom. The number of carbonyl (C=O) groups excluding carboxylic acids is 1. The molecule has 0 fully saturated rings. The largest absolute Gasteiger partial charge is 0.495 e. The summed E-state index contributed by atoms with van der Waals surface area (Å²) in [5, 5.41) is 2.92. The maximum atomic E-state index is 11.9. The third kappa shape index (κ3) is 5.37. The summed E-state index contributed by atoms with van der Waals surface area (Å²) >= 11 is 5.95. The van der Waals surface area contributed by atoms with Crippen molar-refractivity contribution in [2.45, 2.75) is 0 Å². The van der Waals surface area contributed by atoms with Gasteiger partial charge in [-0.05, 0) is 18.2 Å². The molecular weight excluding hydrogens is 316 g/mol. The first-order valence-corrected chi connectivity index (χ1v) is 8.20. The molecule has 0 atom stereocenters. The summed E-state index contributed by atoms with van der Waals surface area (Å²) in [4.78, 5) is 11.9. The molecule has 21 heavy (non-hydrogen) atoms. The van der Waals surface area contributed by atoms with Crippen molar-refractivity contribution >= 4 is 33.2 Å². The van der Waals surface area contributed by atoms with E-state index in [1.807, 2.05) is 0 Å². The van der Waals surface area contributed by atoms with Crippen LogP contribution in [0.2, 0.25) is 5.02 Å². The Morgan fingerprint density at radius 1 is 1.52 bits per heavy atom. The molecule has 0 aliphatic heterocycles. The Kier molecular flexibility index (Phi) is 6.19. The molecule has 6 nitrogen and oxygen atoms in total. The Balaban J connectivity index is 2.76. The van der Waals surface area contributed by atoms with Crippen LogP contribution in [0.4, 0.5) is 5.69 Å². The Morgan fingerprint density at radius 2 is 2.19 bits per heavy atom. The van der Waals surface area contributed by atoms with Gasteiger partial charge in [0.05, 0.1) is 24.9 Å². The Bertz CT molecular complexity index is 631. The Hall–Kier alpha value is -1.57. The van der Waals surface area contributed by atoms with Crippen LogP contribution in [0.3, 0.4) is 0 Å². The molecule has 0 saturated carbocycles. The lowest BCUT2D eigenvalue weighted by atomic mass is 10.3. The smallest absolute Gasteiger partial charge is 0.239 e. The zero-order valence-electron chi connectivity index (χ0n) is 11.8. The zero-order chi connectivity index (χ0) is 16.0. The lowest BCUT2D eigenvalue weighted by molar-refractivity contribution is -0.116. The van der Waals surface area contributed by atoms with Gasteiger partial charge < -0.3 is 10.1 Å². The van der Waals surface area contributed by atoms with Crippen LogP contribution < -0.4 is 10.1 Å². The molecule has 0 unspecified atom stereocenters. The van der Waals surface area contributed by atoms with Gasteiger partial charge in [-0.25, -0.2) is 8.42 Å². The topological polar surface area (TPSA) is 75.7 Å². The molecule has 0 heterocycles. The molecule has 0 radical (unpaired) electrons. The maximum Gasteiger partial charge on any atom is 0.239 e. The molecule has 1 aromatic carbocycles. The number of hydrogen-bond acceptors (Lipinski definition) is 4. The van der Waals surface area contributed by atoms with E-state index in [9.17, 15) is 13.2 Å². The fourth-order valence-electron chi connectivity index (χ4n) is 1.57. The molecule has 0 aliphatic carbocycles. The lowest BCUT2D eigenvalue weighted by Crippen LogP contribution is -2.37. The number of benzene rings is 1. The van der Waals surface area contributed by atoms with Gasteiger partial charge in [-0.2, -0.15) is 4.31 Å². The van der Waals surface area contributed by atoms with E-state index in [1.165, 1.54) is 19.3 Å². The van der Waals surface area contributed by atoms with Crippen LogP contribution in [0.15, 0.2) is 30.9 Å². The van der Waals surface area contributed by atoms with E-state index >= 15 is 0 Å². The third-order valence-corrected chi connectivity index (χ3v) is 4.07. The number of nitrogens with one attached hydrogen (secondary N) is 1. The second kappa shape index (κ2) is 7.44. The molecular formula is C13H17ClN2O4S. The highest BCUT2D eigenvalue weighted by Gasteiger charge is 2.18. The van der Waals surface area contributed by atoms with Crippen LogP contribution in [0.1, 0.15) is 0 Å². The summed E-state index contributed by atoms with van der Waals surface area (Å²) in [7, 11) is -1.99. The number of hydrogen-bond donors (Lipinski definition) is 1. The number of anilines is 1. The number of halogens is 1. The fraction of sp³-hybridized carbons (Fsp3) is 0.308. The summed E-state index contributed by atoms with van der Waals surface area (Å²) < 4.78 is 29.0. The van der Waals surface area contributed by atoms with Crippen LogP contribution in [0.5, 0.6) is 5.75 Å². The molecule has 0 aromatic heterocycles. The number of amides is 1. The van der Waals surface area contributed by atoms with Gasteiger partial charge in [0.1, 0.15) is 5.75 Å². The number of nitrogens with zero attached hydrogens (tertiary/aromatic N) is 1. The maximum absolute atomic E-state index is 11.9. The fourth-order valence-corrected chi connectivity index (χ4v) is 2.55. The van der Waals surface area contributed by atoms with Gasteiger partial charge in [-0.3, -0.25) is 4.79 Å². The predicted octanol–water partition coefficient (Wildman–Crippen LogP) is 1.73. The number of carbonyl (C=O) groups is 1.